The molecule has 9 heteroatoms. The Hall–Kier alpha value is -1.19. The van der Waals surface area contributed by atoms with Gasteiger partial charge in [0.25, 0.3) is 0 Å². The summed E-state index contributed by atoms with van der Waals surface area (Å²) in [6.07, 6.45) is 1.05. The third kappa shape index (κ3) is 5.43. The molecule has 1 N–H and O–H groups in total. The fourth-order valence-electron chi connectivity index (χ4n) is 1.52. The number of hydrogen-bond acceptors (Lipinski definition) is 6. The van der Waals surface area contributed by atoms with E-state index in [-0.39, 0.29) is 11.6 Å². The number of nitrogens with zero attached hydrogens (tertiary/aromatic N) is 2. The molecule has 0 fully saturated rings. The smallest absolute Gasteiger partial charge is 0.237 e. The summed E-state index contributed by atoms with van der Waals surface area (Å²) in [7, 11) is 0. The van der Waals surface area contributed by atoms with Gasteiger partial charge in [-0.2, -0.15) is 0 Å². The van der Waals surface area contributed by atoms with Gasteiger partial charge in [-0.1, -0.05) is 41.8 Å². The predicted octanol–water partition coefficient (Wildman–Crippen LogP) is 4.44. The molecule has 0 radical (unpaired) electrons. The van der Waals surface area contributed by atoms with E-state index in [1.165, 1.54) is 29.2 Å². The van der Waals surface area contributed by atoms with E-state index in [1.54, 1.807) is 18.7 Å². The van der Waals surface area contributed by atoms with Gasteiger partial charge < -0.3 is 5.32 Å². The minimum absolute atomic E-state index is 0.0414. The van der Waals surface area contributed by atoms with Crippen LogP contribution in [-0.4, -0.2) is 27.1 Å². The summed E-state index contributed by atoms with van der Waals surface area (Å²) < 4.78 is 27.9. The molecule has 4 nitrogen and oxygen atoms in total. The molecule has 0 bridgehead atoms. The van der Waals surface area contributed by atoms with Crippen molar-refractivity contribution in [1.82, 2.24) is 10.2 Å². The zero-order chi connectivity index (χ0) is 16.8. The normalized spacial score (nSPS) is 12.2. The molecule has 2 rings (SSSR count). The van der Waals surface area contributed by atoms with Crippen LogP contribution in [-0.2, 0) is 4.79 Å². The van der Waals surface area contributed by atoms with Crippen LogP contribution >= 0.6 is 34.9 Å². The first kappa shape index (κ1) is 18.2. The second kappa shape index (κ2) is 8.60. The highest BCUT2D eigenvalue weighted by Gasteiger charge is 2.18. The Kier molecular flexibility index (Phi) is 6.79. The van der Waals surface area contributed by atoms with Gasteiger partial charge in [0, 0.05) is 11.8 Å². The lowest BCUT2D eigenvalue weighted by atomic mass is 10.3. The minimum atomic E-state index is -0.801. The highest BCUT2D eigenvalue weighted by Crippen LogP contribution is 2.31. The third-order valence-corrected chi connectivity index (χ3v) is 6.10. The molecule has 1 atom stereocenters. The number of hydrogen-bond donors (Lipinski definition) is 1. The molecule has 0 saturated heterocycles. The molecule has 1 heterocycles. The molecule has 0 aliphatic carbocycles. The molecule has 1 aromatic heterocycles. The van der Waals surface area contributed by atoms with Crippen molar-refractivity contribution >= 4 is 46.5 Å². The van der Waals surface area contributed by atoms with Crippen molar-refractivity contribution in [2.24, 2.45) is 0 Å². The van der Waals surface area contributed by atoms with Crippen molar-refractivity contribution in [3.63, 3.8) is 0 Å². The SMILES string of the molecule is CCCSc1nnc(S[C@H](C)C(=O)Nc2ccc(F)cc2F)s1. The summed E-state index contributed by atoms with van der Waals surface area (Å²) >= 11 is 4.32. The molecule has 124 valence electrons. The van der Waals surface area contributed by atoms with E-state index in [4.69, 9.17) is 0 Å². The van der Waals surface area contributed by atoms with Crippen LogP contribution in [0.5, 0.6) is 0 Å². The summed E-state index contributed by atoms with van der Waals surface area (Å²) in [4.78, 5) is 12.1. The largest absolute Gasteiger partial charge is 0.323 e. The standard InChI is InChI=1S/C14H15F2N3OS3/c1-3-6-21-13-18-19-14(23-13)22-8(2)12(20)17-11-5-4-9(15)7-10(11)16/h4-5,7-8H,3,6H2,1-2H3,(H,17,20)/t8-/m1/s1. The van der Waals surface area contributed by atoms with Gasteiger partial charge in [-0.25, -0.2) is 8.78 Å². The zero-order valence-electron chi connectivity index (χ0n) is 12.5. The number of aromatic nitrogens is 2. The Balaban J connectivity index is 1.93. The van der Waals surface area contributed by atoms with Crippen LogP contribution in [0.25, 0.3) is 0 Å². The van der Waals surface area contributed by atoms with E-state index in [0.29, 0.717) is 4.34 Å². The molecule has 2 aromatic rings. The number of anilines is 1. The van der Waals surface area contributed by atoms with Crippen LogP contribution in [0.4, 0.5) is 14.5 Å². The maximum Gasteiger partial charge on any atom is 0.237 e. The second-order valence-corrected chi connectivity index (χ2v) is 8.46. The first-order valence-corrected chi connectivity index (χ1v) is 9.56. The van der Waals surface area contributed by atoms with Gasteiger partial charge in [0.05, 0.1) is 10.9 Å². The monoisotopic (exact) mass is 375 g/mol. The van der Waals surface area contributed by atoms with E-state index in [1.807, 2.05) is 0 Å². The van der Waals surface area contributed by atoms with Gasteiger partial charge in [0.15, 0.2) is 8.68 Å². The number of benzene rings is 1. The quantitative estimate of drug-likeness (QED) is 0.725. The Morgan fingerprint density at radius 1 is 1.35 bits per heavy atom. The number of nitrogens with one attached hydrogen (secondary N) is 1. The molecular formula is C14H15F2N3OS3. The second-order valence-electron chi connectivity index (χ2n) is 4.56. The van der Waals surface area contributed by atoms with Gasteiger partial charge in [-0.15, -0.1) is 10.2 Å². The van der Waals surface area contributed by atoms with Crippen molar-refractivity contribution in [3.05, 3.63) is 29.8 Å². The van der Waals surface area contributed by atoms with E-state index < -0.39 is 16.9 Å². The van der Waals surface area contributed by atoms with Crippen molar-refractivity contribution in [3.8, 4) is 0 Å². The lowest BCUT2D eigenvalue weighted by Gasteiger charge is -2.10. The molecule has 1 aromatic carbocycles. The number of thioether (sulfide) groups is 2. The average Bonchev–Trinajstić information content (AvgIpc) is 2.95. The number of halogens is 2. The van der Waals surface area contributed by atoms with Gasteiger partial charge >= 0.3 is 0 Å². The van der Waals surface area contributed by atoms with Gasteiger partial charge in [-0.05, 0) is 25.5 Å². The molecular weight excluding hydrogens is 360 g/mol. The Labute approximate surface area is 145 Å². The van der Waals surface area contributed by atoms with E-state index >= 15 is 0 Å². The lowest BCUT2D eigenvalue weighted by molar-refractivity contribution is -0.115. The maximum atomic E-state index is 13.5. The van der Waals surface area contributed by atoms with E-state index in [9.17, 15) is 13.6 Å². The van der Waals surface area contributed by atoms with Crippen molar-refractivity contribution in [2.45, 2.75) is 34.2 Å². The van der Waals surface area contributed by atoms with Crippen LogP contribution in [0.15, 0.2) is 26.9 Å². The molecule has 0 unspecified atom stereocenters. The van der Waals surface area contributed by atoms with Crippen molar-refractivity contribution in [2.75, 3.05) is 11.1 Å². The summed E-state index contributed by atoms with van der Waals surface area (Å²) in [5.41, 5.74) is -0.0414. The van der Waals surface area contributed by atoms with Gasteiger partial charge in [-0.3, -0.25) is 4.79 Å². The average molecular weight is 375 g/mol. The van der Waals surface area contributed by atoms with Crippen LogP contribution in [0, 0.1) is 11.6 Å². The molecule has 0 aliphatic heterocycles. The fraction of sp³-hybridized carbons (Fsp3) is 0.357. The topological polar surface area (TPSA) is 54.9 Å². The van der Waals surface area contributed by atoms with Crippen LogP contribution in [0.1, 0.15) is 20.3 Å². The number of rotatable bonds is 7. The molecule has 0 aliphatic rings. The maximum absolute atomic E-state index is 13.5. The lowest BCUT2D eigenvalue weighted by Crippen LogP contribution is -2.22. The highest BCUT2D eigenvalue weighted by atomic mass is 32.2. The summed E-state index contributed by atoms with van der Waals surface area (Å²) in [6, 6.07) is 3.03. The first-order chi connectivity index (χ1) is 11.0. The van der Waals surface area contributed by atoms with Crippen LogP contribution < -0.4 is 5.32 Å². The first-order valence-electron chi connectivity index (χ1n) is 6.88. The van der Waals surface area contributed by atoms with Gasteiger partial charge in [0.2, 0.25) is 5.91 Å². The van der Waals surface area contributed by atoms with E-state index in [0.717, 1.165) is 28.6 Å². The highest BCUT2D eigenvalue weighted by molar-refractivity contribution is 8.03. The molecule has 1 amide bonds. The third-order valence-electron chi connectivity index (χ3n) is 2.65. The number of carbonyl (C=O) groups is 1. The number of carbonyl (C=O) groups excluding carboxylic acids is 1. The Bertz CT molecular complexity index is 681. The van der Waals surface area contributed by atoms with Crippen LogP contribution in [0.3, 0.4) is 0 Å². The summed E-state index contributed by atoms with van der Waals surface area (Å²) in [5.74, 6) is -0.892. The fourth-order valence-corrected chi connectivity index (χ4v) is 4.61. The van der Waals surface area contributed by atoms with Gasteiger partial charge in [0.1, 0.15) is 11.6 Å². The van der Waals surface area contributed by atoms with Crippen molar-refractivity contribution < 1.29 is 13.6 Å². The Morgan fingerprint density at radius 3 is 2.78 bits per heavy atom. The summed E-state index contributed by atoms with van der Waals surface area (Å²) in [5, 5.41) is 10.1. The van der Waals surface area contributed by atoms with Crippen LogP contribution in [0.2, 0.25) is 0 Å². The molecule has 23 heavy (non-hydrogen) atoms. The minimum Gasteiger partial charge on any atom is -0.323 e. The summed E-state index contributed by atoms with van der Waals surface area (Å²) in [6.45, 7) is 3.78. The number of amides is 1. The molecule has 0 spiro atoms. The van der Waals surface area contributed by atoms with Crippen molar-refractivity contribution in [1.29, 1.82) is 0 Å². The Morgan fingerprint density at radius 2 is 2.09 bits per heavy atom. The van der Waals surface area contributed by atoms with E-state index in [2.05, 4.69) is 22.4 Å². The molecule has 0 saturated carbocycles. The zero-order valence-corrected chi connectivity index (χ0v) is 15.0. The predicted molar refractivity (Wildman–Crippen MR) is 91.2 cm³/mol.